The molecule has 0 aromatic heterocycles. The van der Waals surface area contributed by atoms with Crippen LogP contribution in [0.5, 0.6) is 17.2 Å². The van der Waals surface area contributed by atoms with E-state index >= 15 is 0 Å². The maximum atomic E-state index is 11.4. The number of hydrogen-bond acceptors (Lipinski definition) is 6. The maximum Gasteiger partial charge on any atom is 0.221 e. The van der Waals surface area contributed by atoms with Crippen molar-refractivity contribution in [2.45, 2.75) is 31.5 Å². The average molecular weight is 447 g/mol. The molecule has 0 bridgehead atoms. The number of anilines is 1. The van der Waals surface area contributed by atoms with Gasteiger partial charge in [-0.05, 0) is 35.9 Å². The van der Waals surface area contributed by atoms with Gasteiger partial charge in [0.1, 0.15) is 35.6 Å². The molecular weight excluding hydrogens is 420 g/mol. The van der Waals surface area contributed by atoms with Gasteiger partial charge < -0.3 is 24.6 Å². The van der Waals surface area contributed by atoms with Crippen LogP contribution < -0.4 is 19.5 Å². The van der Waals surface area contributed by atoms with E-state index in [2.05, 4.69) is 10.2 Å². The topological polar surface area (TPSA) is 80.3 Å². The molecule has 8 heteroatoms. The summed E-state index contributed by atoms with van der Waals surface area (Å²) < 4.78 is 17.3. The van der Waals surface area contributed by atoms with Gasteiger partial charge in [-0.1, -0.05) is 11.6 Å². The Bertz CT molecular complexity index is 969. The van der Waals surface area contributed by atoms with Crippen molar-refractivity contribution >= 4 is 23.2 Å². The third-order valence-corrected chi connectivity index (χ3v) is 5.89. The Labute approximate surface area is 186 Å². The smallest absolute Gasteiger partial charge is 0.221 e. The van der Waals surface area contributed by atoms with Gasteiger partial charge in [0.15, 0.2) is 0 Å². The van der Waals surface area contributed by atoms with Crippen LogP contribution in [-0.2, 0) is 11.2 Å². The Morgan fingerprint density at radius 2 is 2.19 bits per heavy atom. The summed E-state index contributed by atoms with van der Waals surface area (Å²) in [5.74, 6) is 1.77. The minimum absolute atomic E-state index is 0.0972. The quantitative estimate of drug-likeness (QED) is 0.680. The minimum atomic E-state index is -0.690. The lowest BCUT2D eigenvalue weighted by atomic mass is 9.96. The molecule has 31 heavy (non-hydrogen) atoms. The van der Waals surface area contributed by atoms with Crippen molar-refractivity contribution in [2.24, 2.45) is 0 Å². The Kier molecular flexibility index (Phi) is 6.27. The van der Waals surface area contributed by atoms with Gasteiger partial charge in [0, 0.05) is 50.5 Å². The van der Waals surface area contributed by atoms with Gasteiger partial charge in [0.2, 0.25) is 5.91 Å². The van der Waals surface area contributed by atoms with Crippen molar-refractivity contribution in [3.05, 3.63) is 47.0 Å². The molecule has 1 amide bonds. The number of aliphatic hydroxyl groups excluding tert-OH is 1. The molecule has 0 saturated carbocycles. The molecule has 2 aromatic rings. The zero-order valence-corrected chi connectivity index (χ0v) is 18.4. The van der Waals surface area contributed by atoms with Crippen LogP contribution in [0.3, 0.4) is 0 Å². The molecule has 7 nitrogen and oxygen atoms in total. The fourth-order valence-corrected chi connectivity index (χ4v) is 4.49. The van der Waals surface area contributed by atoms with E-state index in [0.29, 0.717) is 23.7 Å². The molecule has 4 rings (SSSR count). The summed E-state index contributed by atoms with van der Waals surface area (Å²) >= 11 is 6.12. The van der Waals surface area contributed by atoms with Gasteiger partial charge in [-0.25, -0.2) is 0 Å². The number of carbonyl (C=O) groups excluding carboxylic acids is 1. The lowest BCUT2D eigenvalue weighted by Crippen LogP contribution is -2.40. The number of rotatable bonds is 7. The SMILES string of the molecule is COc1ccc(NC(C)=O)c(OC[C@@H](O)CN2CC[C@]3(Cc4cc(Cl)ccc4O3)C2)c1. The zero-order valence-electron chi connectivity index (χ0n) is 17.7. The van der Waals surface area contributed by atoms with Gasteiger partial charge >= 0.3 is 0 Å². The van der Waals surface area contributed by atoms with Crippen molar-refractivity contribution < 1.29 is 24.1 Å². The summed E-state index contributed by atoms with van der Waals surface area (Å²) in [5.41, 5.74) is 1.43. The molecule has 1 spiro atoms. The molecule has 0 unspecified atom stereocenters. The van der Waals surface area contributed by atoms with Gasteiger partial charge in [0.05, 0.1) is 12.8 Å². The number of hydrogen-bond donors (Lipinski definition) is 2. The number of nitrogens with zero attached hydrogens (tertiary/aromatic N) is 1. The lowest BCUT2D eigenvalue weighted by Gasteiger charge is -2.25. The maximum absolute atomic E-state index is 11.4. The van der Waals surface area contributed by atoms with Crippen LogP contribution in [-0.4, -0.2) is 61.0 Å². The molecular formula is C23H27ClN2O5. The number of fused-ring (bicyclic) bond motifs is 1. The largest absolute Gasteiger partial charge is 0.497 e. The molecule has 2 aromatic carbocycles. The number of ether oxygens (including phenoxy) is 3. The van der Waals surface area contributed by atoms with Crippen LogP contribution in [0.4, 0.5) is 5.69 Å². The van der Waals surface area contributed by atoms with Crippen LogP contribution in [0.15, 0.2) is 36.4 Å². The summed E-state index contributed by atoms with van der Waals surface area (Å²) in [5, 5.41) is 14.0. The number of amides is 1. The number of β-amino-alcohol motifs (C(OH)–C–C–N with tert-alkyl or cyclic N) is 1. The molecule has 2 aliphatic rings. The average Bonchev–Trinajstić information content (AvgIpc) is 3.28. The molecule has 1 fully saturated rings. The Hall–Kier alpha value is -2.48. The second-order valence-corrected chi connectivity index (χ2v) is 8.64. The number of benzene rings is 2. The van der Waals surface area contributed by atoms with E-state index in [9.17, 15) is 9.90 Å². The first-order valence-electron chi connectivity index (χ1n) is 10.3. The van der Waals surface area contributed by atoms with Gasteiger partial charge in [0.25, 0.3) is 0 Å². The van der Waals surface area contributed by atoms with E-state index in [1.54, 1.807) is 25.3 Å². The first kappa shape index (κ1) is 21.7. The fourth-order valence-electron chi connectivity index (χ4n) is 4.29. The number of halogens is 1. The highest BCUT2D eigenvalue weighted by Gasteiger charge is 2.45. The Morgan fingerprint density at radius 3 is 2.97 bits per heavy atom. The number of carbonyl (C=O) groups is 1. The Morgan fingerprint density at radius 1 is 1.35 bits per heavy atom. The third kappa shape index (κ3) is 5.06. The van der Waals surface area contributed by atoms with E-state index in [-0.39, 0.29) is 18.1 Å². The van der Waals surface area contributed by atoms with E-state index in [0.717, 1.165) is 42.3 Å². The molecule has 1 saturated heterocycles. The third-order valence-electron chi connectivity index (χ3n) is 5.66. The van der Waals surface area contributed by atoms with E-state index in [1.807, 2.05) is 18.2 Å². The van der Waals surface area contributed by atoms with E-state index in [1.165, 1.54) is 6.92 Å². The van der Waals surface area contributed by atoms with Crippen LogP contribution in [0.2, 0.25) is 5.02 Å². The van der Waals surface area contributed by atoms with Crippen LogP contribution in [0, 0.1) is 0 Å². The van der Waals surface area contributed by atoms with Crippen molar-refractivity contribution in [2.75, 3.05) is 38.7 Å². The summed E-state index contributed by atoms with van der Waals surface area (Å²) in [6, 6.07) is 10.9. The van der Waals surface area contributed by atoms with Gasteiger partial charge in [-0.15, -0.1) is 0 Å². The molecule has 2 heterocycles. The highest BCUT2D eigenvalue weighted by Crippen LogP contribution is 2.41. The number of aliphatic hydroxyl groups is 1. The van der Waals surface area contributed by atoms with Gasteiger partial charge in [-0.2, -0.15) is 0 Å². The zero-order chi connectivity index (χ0) is 22.0. The normalized spacial score (nSPS) is 20.9. The van der Waals surface area contributed by atoms with Crippen molar-refractivity contribution in [3.8, 4) is 17.2 Å². The Balaban J connectivity index is 1.32. The number of likely N-dealkylation sites (tertiary alicyclic amines) is 1. The highest BCUT2D eigenvalue weighted by molar-refractivity contribution is 6.30. The number of nitrogens with one attached hydrogen (secondary N) is 1. The standard InChI is InChI=1S/C23H27ClN2O5/c1-15(27)25-20-5-4-19(29-2)10-22(20)30-13-18(28)12-26-8-7-23(14-26)11-16-9-17(24)3-6-21(16)31-23/h3-6,9-10,18,28H,7-8,11-14H2,1-2H3,(H,25,27)/t18-,23-/m0/s1. The fraction of sp³-hybridized carbons (Fsp3) is 0.435. The molecule has 2 N–H and O–H groups in total. The second kappa shape index (κ2) is 8.94. The minimum Gasteiger partial charge on any atom is -0.497 e. The molecule has 2 aliphatic heterocycles. The lowest BCUT2D eigenvalue weighted by molar-refractivity contribution is -0.114. The predicted octanol–water partition coefficient (Wildman–Crippen LogP) is 3.13. The summed E-state index contributed by atoms with van der Waals surface area (Å²) in [6.45, 7) is 3.59. The van der Waals surface area contributed by atoms with Gasteiger partial charge in [-0.3, -0.25) is 9.69 Å². The van der Waals surface area contributed by atoms with Crippen molar-refractivity contribution in [3.63, 3.8) is 0 Å². The predicted molar refractivity (Wildman–Crippen MR) is 118 cm³/mol. The number of methoxy groups -OCH3 is 1. The van der Waals surface area contributed by atoms with E-state index in [4.69, 9.17) is 25.8 Å². The first-order chi connectivity index (χ1) is 14.9. The summed E-state index contributed by atoms with van der Waals surface area (Å²) in [6.07, 6.45) is 1.04. The molecule has 166 valence electrons. The summed E-state index contributed by atoms with van der Waals surface area (Å²) in [7, 11) is 1.56. The highest BCUT2D eigenvalue weighted by atomic mass is 35.5. The van der Waals surface area contributed by atoms with Crippen LogP contribution in [0.25, 0.3) is 0 Å². The summed E-state index contributed by atoms with van der Waals surface area (Å²) in [4.78, 5) is 13.6. The second-order valence-electron chi connectivity index (χ2n) is 8.21. The van der Waals surface area contributed by atoms with E-state index < -0.39 is 6.10 Å². The molecule has 2 atom stereocenters. The monoisotopic (exact) mass is 446 g/mol. The first-order valence-corrected chi connectivity index (χ1v) is 10.7. The molecule has 0 radical (unpaired) electrons. The molecule has 0 aliphatic carbocycles. The van der Waals surface area contributed by atoms with Crippen molar-refractivity contribution in [1.29, 1.82) is 0 Å². The van der Waals surface area contributed by atoms with Crippen molar-refractivity contribution in [1.82, 2.24) is 4.90 Å². The van der Waals surface area contributed by atoms with Crippen LogP contribution >= 0.6 is 11.6 Å². The van der Waals surface area contributed by atoms with Crippen LogP contribution in [0.1, 0.15) is 18.9 Å².